The molecule has 0 heterocycles. The van der Waals surface area contributed by atoms with Crippen LogP contribution in [-0.4, -0.2) is 50.4 Å². The Hall–Kier alpha value is -3.63. The summed E-state index contributed by atoms with van der Waals surface area (Å²) in [5.74, 6) is 2.47. The van der Waals surface area contributed by atoms with E-state index in [2.05, 4.69) is 96.4 Å². The lowest BCUT2D eigenvalue weighted by atomic mass is 10.1. The van der Waals surface area contributed by atoms with Crippen LogP contribution in [-0.2, 0) is 0 Å². The van der Waals surface area contributed by atoms with Crippen molar-refractivity contribution in [3.8, 4) is 17.2 Å². The first-order chi connectivity index (χ1) is 19.3. The molecule has 2 unspecified atom stereocenters. The minimum atomic E-state index is -1.40. The lowest BCUT2D eigenvalue weighted by Crippen LogP contribution is -2.33. The molecule has 2 atom stereocenters. The number of ether oxygens (including phenoxy) is 2. The van der Waals surface area contributed by atoms with Crippen LogP contribution in [0, 0.1) is 0 Å². The molecule has 0 fully saturated rings. The van der Waals surface area contributed by atoms with Crippen molar-refractivity contribution in [1.82, 2.24) is 9.80 Å². The van der Waals surface area contributed by atoms with Gasteiger partial charge in [-0.1, -0.05) is 78.9 Å². The van der Waals surface area contributed by atoms with Gasteiger partial charge in [0.05, 0.1) is 10.6 Å². The van der Waals surface area contributed by atoms with Crippen LogP contribution in [0.3, 0.4) is 0 Å². The highest BCUT2D eigenvalue weighted by Crippen LogP contribution is 2.46. The molecule has 0 saturated heterocycles. The molecule has 0 saturated carbocycles. The zero-order chi connectivity index (χ0) is 28.2. The van der Waals surface area contributed by atoms with E-state index < -0.39 is 8.15 Å². The molecule has 6 heteroatoms. The second kappa shape index (κ2) is 12.3. The first-order valence-electron chi connectivity index (χ1n) is 13.6. The van der Waals surface area contributed by atoms with E-state index in [9.17, 15) is 0 Å². The van der Waals surface area contributed by atoms with Gasteiger partial charge in [0, 0.05) is 10.8 Å². The van der Waals surface area contributed by atoms with E-state index in [1.807, 2.05) is 58.5 Å². The van der Waals surface area contributed by atoms with Crippen molar-refractivity contribution in [2.75, 3.05) is 28.2 Å². The Balaban J connectivity index is 1.77. The third kappa shape index (κ3) is 5.93. The maximum Gasteiger partial charge on any atom is 0.158 e. The van der Waals surface area contributed by atoms with Gasteiger partial charge in [-0.15, -0.1) is 0 Å². The highest BCUT2D eigenvalue weighted by Gasteiger charge is 2.29. The van der Waals surface area contributed by atoms with Crippen molar-refractivity contribution in [1.29, 1.82) is 0 Å². The van der Waals surface area contributed by atoms with E-state index in [1.165, 1.54) is 0 Å². The quantitative estimate of drug-likeness (QED) is 0.138. The monoisotopic (exact) mass is 552 g/mol. The molecule has 0 amide bonds. The first-order valence-corrected chi connectivity index (χ1v) is 14.8. The summed E-state index contributed by atoms with van der Waals surface area (Å²) in [4.78, 5) is 4.13. The van der Waals surface area contributed by atoms with Gasteiger partial charge in [-0.3, -0.25) is 9.80 Å². The molecule has 0 aliphatic carbocycles. The fourth-order valence-corrected chi connectivity index (χ4v) is 6.32. The molecule has 0 N–H and O–H groups in total. The van der Waals surface area contributed by atoms with Crippen molar-refractivity contribution in [2.45, 2.75) is 26.3 Å². The molecule has 0 aliphatic heterocycles. The van der Waals surface area contributed by atoms with E-state index in [1.54, 1.807) is 0 Å². The number of hydrogen-bond acceptors (Lipinski definition) is 5. The van der Waals surface area contributed by atoms with E-state index in [4.69, 9.17) is 14.0 Å². The maximum atomic E-state index is 6.93. The molecule has 206 valence electrons. The van der Waals surface area contributed by atoms with Gasteiger partial charge in [-0.2, -0.15) is 0 Å². The largest absolute Gasteiger partial charge is 0.474 e. The summed E-state index contributed by atoms with van der Waals surface area (Å²) in [6.45, 7) is 4.13. The van der Waals surface area contributed by atoms with Gasteiger partial charge in [0.1, 0.15) is 29.7 Å². The minimum Gasteiger partial charge on any atom is -0.474 e. The second-order valence-corrected chi connectivity index (χ2v) is 12.1. The highest BCUT2D eigenvalue weighted by molar-refractivity contribution is 7.69. The van der Waals surface area contributed by atoms with Crippen molar-refractivity contribution in [3.63, 3.8) is 0 Å². The molecule has 5 nitrogen and oxygen atoms in total. The van der Waals surface area contributed by atoms with E-state index in [-0.39, 0.29) is 12.5 Å². The Morgan fingerprint density at radius 2 is 0.950 bits per heavy atom. The van der Waals surface area contributed by atoms with E-state index >= 15 is 0 Å². The molecular weight excluding hydrogens is 515 g/mol. The molecule has 5 aromatic rings. The first kappa shape index (κ1) is 27.9. The third-order valence-corrected chi connectivity index (χ3v) is 9.10. The van der Waals surface area contributed by atoms with Crippen LogP contribution < -0.4 is 24.6 Å². The number of rotatable bonds is 10. The molecule has 0 aliphatic rings. The zero-order valence-electron chi connectivity index (χ0n) is 24.0. The summed E-state index contributed by atoms with van der Waals surface area (Å²) in [6.07, 6.45) is -0.279. The van der Waals surface area contributed by atoms with Gasteiger partial charge in [-0.25, -0.2) is 0 Å². The average Bonchev–Trinajstić information content (AvgIpc) is 2.97. The fourth-order valence-electron chi connectivity index (χ4n) is 4.40. The van der Waals surface area contributed by atoms with E-state index in [0.717, 1.165) is 49.4 Å². The molecule has 5 rings (SSSR count). The van der Waals surface area contributed by atoms with Crippen LogP contribution in [0.5, 0.6) is 17.2 Å². The Bertz CT molecular complexity index is 1490. The van der Waals surface area contributed by atoms with Crippen LogP contribution in [0.25, 0.3) is 21.5 Å². The fraction of sp³-hybridized carbons (Fsp3) is 0.235. The van der Waals surface area contributed by atoms with Crippen LogP contribution in [0.15, 0.2) is 103 Å². The predicted octanol–water partition coefficient (Wildman–Crippen LogP) is 6.99. The van der Waals surface area contributed by atoms with Gasteiger partial charge in [0.25, 0.3) is 0 Å². The van der Waals surface area contributed by atoms with Crippen LogP contribution >= 0.6 is 8.15 Å². The molecule has 0 aromatic heterocycles. The number of benzene rings is 5. The van der Waals surface area contributed by atoms with Crippen molar-refractivity contribution in [3.05, 3.63) is 103 Å². The lowest BCUT2D eigenvalue weighted by molar-refractivity contribution is 0.0839. The van der Waals surface area contributed by atoms with Crippen LogP contribution in [0.1, 0.15) is 13.8 Å². The van der Waals surface area contributed by atoms with Gasteiger partial charge in [0.2, 0.25) is 0 Å². The summed E-state index contributed by atoms with van der Waals surface area (Å²) < 4.78 is 20.4. The standard InChI is InChI=1S/C34H37N2O3P/c1-24(35(3)4)37-33-29-18-12-10-14-26(29)20-22-31(33)40(39-28-16-8-7-9-17-28)32-23-21-27-15-11-13-19-30(27)34(32)38-25(2)36(5)6/h7-25H,1-6H3. The number of para-hydroxylation sites is 1. The summed E-state index contributed by atoms with van der Waals surface area (Å²) in [5.41, 5.74) is 0. The molecular formula is C34H37N2O3P. The SMILES string of the molecule is CC(Oc1c(P(Oc2ccccc2)c2ccc3ccccc3c2OC(C)N(C)C)ccc2ccccc12)N(C)C. The van der Waals surface area contributed by atoms with Crippen LogP contribution in [0.4, 0.5) is 0 Å². The smallest absolute Gasteiger partial charge is 0.158 e. The number of fused-ring (bicyclic) bond motifs is 2. The molecule has 0 radical (unpaired) electrons. The topological polar surface area (TPSA) is 34.2 Å². The average molecular weight is 553 g/mol. The summed E-state index contributed by atoms with van der Waals surface area (Å²) in [7, 11) is 6.70. The minimum absolute atomic E-state index is 0.140. The van der Waals surface area contributed by atoms with Gasteiger partial charge < -0.3 is 14.0 Å². The zero-order valence-corrected chi connectivity index (χ0v) is 24.9. The predicted molar refractivity (Wildman–Crippen MR) is 169 cm³/mol. The Morgan fingerprint density at radius 3 is 1.40 bits per heavy atom. The molecule has 0 bridgehead atoms. The summed E-state index contributed by atoms with van der Waals surface area (Å²) in [5, 5.41) is 6.37. The van der Waals surface area contributed by atoms with Gasteiger partial charge in [-0.05, 0) is 77.1 Å². The summed E-state index contributed by atoms with van der Waals surface area (Å²) in [6, 6.07) is 35.4. The van der Waals surface area contributed by atoms with Gasteiger partial charge >= 0.3 is 0 Å². The van der Waals surface area contributed by atoms with Crippen molar-refractivity contribution >= 4 is 40.3 Å². The molecule has 0 spiro atoms. The Morgan fingerprint density at radius 1 is 0.525 bits per heavy atom. The molecule has 5 aromatic carbocycles. The lowest BCUT2D eigenvalue weighted by Gasteiger charge is -2.29. The summed E-state index contributed by atoms with van der Waals surface area (Å²) >= 11 is 0. The normalized spacial score (nSPS) is 13.9. The van der Waals surface area contributed by atoms with Crippen molar-refractivity contribution in [2.24, 2.45) is 0 Å². The third-order valence-electron chi connectivity index (χ3n) is 7.13. The second-order valence-electron chi connectivity index (χ2n) is 10.3. The Labute approximate surface area is 238 Å². The van der Waals surface area contributed by atoms with Gasteiger partial charge in [0.15, 0.2) is 8.15 Å². The maximum absolute atomic E-state index is 6.93. The van der Waals surface area contributed by atoms with E-state index in [0.29, 0.717) is 0 Å². The van der Waals surface area contributed by atoms with Crippen LogP contribution in [0.2, 0.25) is 0 Å². The Kier molecular flexibility index (Phi) is 8.56. The number of hydrogen-bond donors (Lipinski definition) is 0. The molecule has 40 heavy (non-hydrogen) atoms. The van der Waals surface area contributed by atoms with Crippen molar-refractivity contribution < 1.29 is 14.0 Å². The highest BCUT2D eigenvalue weighted by atomic mass is 31.1. The number of nitrogens with zero attached hydrogens (tertiary/aromatic N) is 2.